The zero-order valence-corrected chi connectivity index (χ0v) is 15.5. The SMILES string of the molecule is CN=C(NCCc1ncc(C)s1)NCC(C)(C)c1cccc(F)c1. The van der Waals surface area contributed by atoms with Gasteiger partial charge in [0.1, 0.15) is 5.82 Å². The average molecular weight is 348 g/mol. The highest BCUT2D eigenvalue weighted by Crippen LogP contribution is 2.22. The summed E-state index contributed by atoms with van der Waals surface area (Å²) in [4.78, 5) is 9.82. The molecule has 0 unspecified atom stereocenters. The molecule has 0 spiro atoms. The smallest absolute Gasteiger partial charge is 0.191 e. The fourth-order valence-corrected chi connectivity index (χ4v) is 3.13. The molecule has 1 aromatic heterocycles. The largest absolute Gasteiger partial charge is 0.356 e. The van der Waals surface area contributed by atoms with Crippen LogP contribution in [-0.4, -0.2) is 31.1 Å². The van der Waals surface area contributed by atoms with Crippen LogP contribution in [0.15, 0.2) is 35.5 Å². The van der Waals surface area contributed by atoms with Gasteiger partial charge < -0.3 is 10.6 Å². The normalized spacial score (nSPS) is 12.3. The van der Waals surface area contributed by atoms with Gasteiger partial charge >= 0.3 is 0 Å². The summed E-state index contributed by atoms with van der Waals surface area (Å²) in [6.07, 6.45) is 2.76. The molecule has 2 N–H and O–H groups in total. The van der Waals surface area contributed by atoms with Crippen LogP contribution in [0.4, 0.5) is 4.39 Å². The Bertz CT molecular complexity index is 694. The molecule has 0 saturated heterocycles. The molecule has 6 heteroatoms. The fourth-order valence-electron chi connectivity index (χ4n) is 2.34. The first-order chi connectivity index (χ1) is 11.4. The van der Waals surface area contributed by atoms with Gasteiger partial charge in [-0.15, -0.1) is 11.3 Å². The van der Waals surface area contributed by atoms with Crippen LogP contribution in [0.1, 0.15) is 29.3 Å². The van der Waals surface area contributed by atoms with Gasteiger partial charge in [0.25, 0.3) is 0 Å². The molecule has 0 aliphatic rings. The van der Waals surface area contributed by atoms with Crippen molar-refractivity contribution >= 4 is 17.3 Å². The van der Waals surface area contributed by atoms with E-state index in [1.54, 1.807) is 30.5 Å². The molecule has 0 amide bonds. The molecule has 0 radical (unpaired) electrons. The van der Waals surface area contributed by atoms with Gasteiger partial charge in [-0.1, -0.05) is 26.0 Å². The molecule has 1 heterocycles. The topological polar surface area (TPSA) is 49.3 Å². The molecular formula is C18H25FN4S. The molecule has 0 bridgehead atoms. The minimum absolute atomic E-state index is 0.202. The highest BCUT2D eigenvalue weighted by Gasteiger charge is 2.21. The van der Waals surface area contributed by atoms with Crippen molar-refractivity contribution in [1.82, 2.24) is 15.6 Å². The number of rotatable bonds is 6. The highest BCUT2D eigenvalue weighted by molar-refractivity contribution is 7.11. The summed E-state index contributed by atoms with van der Waals surface area (Å²) in [5.41, 5.74) is 0.760. The van der Waals surface area contributed by atoms with Crippen molar-refractivity contribution in [3.63, 3.8) is 0 Å². The Labute approximate surface area is 147 Å². The first-order valence-corrected chi connectivity index (χ1v) is 8.84. The van der Waals surface area contributed by atoms with Gasteiger partial charge in [-0.3, -0.25) is 4.99 Å². The van der Waals surface area contributed by atoms with E-state index in [2.05, 4.69) is 41.4 Å². The maximum Gasteiger partial charge on any atom is 0.191 e. The molecule has 2 aromatic rings. The third-order valence-electron chi connectivity index (χ3n) is 3.83. The van der Waals surface area contributed by atoms with Crippen molar-refractivity contribution in [2.75, 3.05) is 20.1 Å². The minimum atomic E-state index is -0.207. The van der Waals surface area contributed by atoms with Crippen LogP contribution in [0.5, 0.6) is 0 Å². The van der Waals surface area contributed by atoms with E-state index in [0.29, 0.717) is 6.54 Å². The van der Waals surface area contributed by atoms with Crippen molar-refractivity contribution in [3.05, 3.63) is 51.7 Å². The Hall–Kier alpha value is -1.95. The van der Waals surface area contributed by atoms with Crippen LogP contribution in [0.25, 0.3) is 0 Å². The summed E-state index contributed by atoms with van der Waals surface area (Å²) in [6, 6.07) is 6.75. The summed E-state index contributed by atoms with van der Waals surface area (Å²) < 4.78 is 13.4. The van der Waals surface area contributed by atoms with Crippen LogP contribution in [0, 0.1) is 12.7 Å². The van der Waals surface area contributed by atoms with E-state index in [9.17, 15) is 4.39 Å². The Morgan fingerprint density at radius 2 is 2.12 bits per heavy atom. The second-order valence-electron chi connectivity index (χ2n) is 6.36. The van der Waals surface area contributed by atoms with Crippen LogP contribution in [0.2, 0.25) is 0 Å². The maximum absolute atomic E-state index is 13.4. The number of hydrogen-bond acceptors (Lipinski definition) is 3. The standard InChI is InChI=1S/C18H25FN4S/c1-13-11-22-16(24-13)8-9-21-17(20-4)23-12-18(2,3)14-6-5-7-15(19)10-14/h5-7,10-11H,8-9,12H2,1-4H3,(H2,20,21,23). The molecule has 0 fully saturated rings. The van der Waals surface area contributed by atoms with E-state index in [-0.39, 0.29) is 11.2 Å². The number of nitrogens with zero attached hydrogens (tertiary/aromatic N) is 2. The van der Waals surface area contributed by atoms with Gasteiger partial charge in [-0.2, -0.15) is 0 Å². The molecule has 2 rings (SSSR count). The number of thiazole rings is 1. The summed E-state index contributed by atoms with van der Waals surface area (Å²) in [5, 5.41) is 7.73. The van der Waals surface area contributed by atoms with Crippen LogP contribution in [0.3, 0.4) is 0 Å². The van der Waals surface area contributed by atoms with E-state index in [1.807, 2.05) is 12.3 Å². The highest BCUT2D eigenvalue weighted by atomic mass is 32.1. The summed E-state index contributed by atoms with van der Waals surface area (Å²) in [6.45, 7) is 7.66. The quantitative estimate of drug-likeness (QED) is 0.622. The van der Waals surface area contributed by atoms with Crippen molar-refractivity contribution in [2.45, 2.75) is 32.6 Å². The summed E-state index contributed by atoms with van der Waals surface area (Å²) >= 11 is 1.72. The fraction of sp³-hybridized carbons (Fsp3) is 0.444. The second-order valence-corrected chi connectivity index (χ2v) is 7.68. The summed E-state index contributed by atoms with van der Waals surface area (Å²) in [7, 11) is 1.75. The second kappa shape index (κ2) is 8.24. The Balaban J connectivity index is 1.84. The number of nitrogens with one attached hydrogen (secondary N) is 2. The van der Waals surface area contributed by atoms with Gasteiger partial charge in [0.15, 0.2) is 5.96 Å². The number of aryl methyl sites for hydroxylation is 1. The summed E-state index contributed by atoms with van der Waals surface area (Å²) in [5.74, 6) is 0.537. The lowest BCUT2D eigenvalue weighted by atomic mass is 9.84. The van der Waals surface area contributed by atoms with E-state index < -0.39 is 0 Å². The third-order valence-corrected chi connectivity index (χ3v) is 4.80. The maximum atomic E-state index is 13.4. The van der Waals surface area contributed by atoms with E-state index in [0.717, 1.165) is 29.5 Å². The zero-order chi connectivity index (χ0) is 17.6. The molecule has 0 aliphatic carbocycles. The molecule has 0 aliphatic heterocycles. The lowest BCUT2D eigenvalue weighted by Gasteiger charge is -2.26. The number of aliphatic imine (C=N–C) groups is 1. The van der Waals surface area contributed by atoms with Crippen LogP contribution < -0.4 is 10.6 Å². The number of benzene rings is 1. The molecule has 0 saturated carbocycles. The van der Waals surface area contributed by atoms with Gasteiger partial charge in [-0.25, -0.2) is 9.37 Å². The van der Waals surface area contributed by atoms with Gasteiger partial charge in [0.05, 0.1) is 5.01 Å². The number of hydrogen-bond donors (Lipinski definition) is 2. The van der Waals surface area contributed by atoms with Gasteiger partial charge in [0, 0.05) is 43.0 Å². The number of aromatic nitrogens is 1. The average Bonchev–Trinajstić information content (AvgIpc) is 2.96. The van der Waals surface area contributed by atoms with Crippen LogP contribution >= 0.6 is 11.3 Å². The predicted molar refractivity (Wildman–Crippen MR) is 99.3 cm³/mol. The van der Waals surface area contributed by atoms with Gasteiger partial charge in [-0.05, 0) is 24.6 Å². The Kier molecular flexibility index (Phi) is 6.31. The van der Waals surface area contributed by atoms with Crippen molar-refractivity contribution in [1.29, 1.82) is 0 Å². The number of halogens is 1. The van der Waals surface area contributed by atoms with E-state index >= 15 is 0 Å². The third kappa shape index (κ3) is 5.30. The van der Waals surface area contributed by atoms with E-state index in [1.165, 1.54) is 10.9 Å². The molecule has 24 heavy (non-hydrogen) atoms. The van der Waals surface area contributed by atoms with Gasteiger partial charge in [0.2, 0.25) is 0 Å². The molecule has 130 valence electrons. The minimum Gasteiger partial charge on any atom is -0.356 e. The van der Waals surface area contributed by atoms with Crippen molar-refractivity contribution in [3.8, 4) is 0 Å². The lowest BCUT2D eigenvalue weighted by molar-refractivity contribution is 0.503. The zero-order valence-electron chi connectivity index (χ0n) is 14.7. The van der Waals surface area contributed by atoms with Crippen molar-refractivity contribution < 1.29 is 4.39 Å². The van der Waals surface area contributed by atoms with Crippen LogP contribution in [-0.2, 0) is 11.8 Å². The number of guanidine groups is 1. The molecule has 1 aromatic carbocycles. The van der Waals surface area contributed by atoms with Crippen molar-refractivity contribution in [2.24, 2.45) is 4.99 Å². The Morgan fingerprint density at radius 1 is 1.33 bits per heavy atom. The predicted octanol–water partition coefficient (Wildman–Crippen LogP) is 3.28. The monoisotopic (exact) mass is 348 g/mol. The Morgan fingerprint density at radius 3 is 2.75 bits per heavy atom. The van der Waals surface area contributed by atoms with E-state index in [4.69, 9.17) is 0 Å². The molecular weight excluding hydrogens is 323 g/mol. The lowest BCUT2D eigenvalue weighted by Crippen LogP contribution is -2.44. The molecule has 0 atom stereocenters. The first-order valence-electron chi connectivity index (χ1n) is 8.02. The molecule has 4 nitrogen and oxygen atoms in total. The first kappa shape index (κ1) is 18.4.